The lowest BCUT2D eigenvalue weighted by Crippen LogP contribution is -2.43. The number of nitrogens with zero attached hydrogens (tertiary/aromatic N) is 1. The second-order valence-electron chi connectivity index (χ2n) is 5.38. The number of rotatable bonds is 8. The molecule has 0 aromatic rings. The lowest BCUT2D eigenvalue weighted by Gasteiger charge is -2.30. The first-order valence-corrected chi connectivity index (χ1v) is 7.41. The highest BCUT2D eigenvalue weighted by Crippen LogP contribution is 2.17. The summed E-state index contributed by atoms with van der Waals surface area (Å²) in [7, 11) is 0. The average molecular weight is 255 g/mol. The van der Waals surface area contributed by atoms with E-state index in [0.717, 1.165) is 26.1 Å². The number of amides is 2. The molecule has 1 fully saturated rings. The van der Waals surface area contributed by atoms with E-state index in [4.69, 9.17) is 0 Å². The molecule has 1 rings (SSSR count). The molecule has 0 aromatic carbocycles. The Labute approximate surface area is 111 Å². The van der Waals surface area contributed by atoms with Gasteiger partial charge in [-0.2, -0.15) is 0 Å². The van der Waals surface area contributed by atoms with E-state index in [1.807, 2.05) is 4.90 Å². The molecular formula is C14H29N3O. The maximum absolute atomic E-state index is 11.8. The van der Waals surface area contributed by atoms with Crippen LogP contribution in [-0.2, 0) is 0 Å². The Hall–Kier alpha value is -0.770. The minimum Gasteiger partial charge on any atom is -0.334 e. The van der Waals surface area contributed by atoms with Crippen LogP contribution in [0.3, 0.4) is 0 Å². The number of hydrogen-bond acceptors (Lipinski definition) is 2. The zero-order valence-corrected chi connectivity index (χ0v) is 12.3. The highest BCUT2D eigenvalue weighted by molar-refractivity contribution is 5.76. The number of carbonyl (C=O) groups is 1. The van der Waals surface area contributed by atoms with Gasteiger partial charge in [0.15, 0.2) is 0 Å². The van der Waals surface area contributed by atoms with Crippen molar-refractivity contribution >= 4 is 6.03 Å². The van der Waals surface area contributed by atoms with E-state index >= 15 is 0 Å². The smallest absolute Gasteiger partial charge is 0.317 e. The number of urea groups is 1. The fourth-order valence-electron chi connectivity index (χ4n) is 2.82. The van der Waals surface area contributed by atoms with Gasteiger partial charge in [-0.15, -0.1) is 0 Å². The summed E-state index contributed by atoms with van der Waals surface area (Å²) in [5, 5.41) is 6.54. The highest BCUT2D eigenvalue weighted by atomic mass is 16.2. The standard InChI is InChI=1S/C14H29N3O/c1-5-8-13(15-7-3)12(6-2)10-17-9-11(4)16-14(17)18/h11-13,15H,5-10H2,1-4H3,(H,16,18). The van der Waals surface area contributed by atoms with Crippen LogP contribution in [0.1, 0.15) is 47.0 Å². The SMILES string of the molecule is CCCC(NCC)C(CC)CN1CC(C)NC1=O. The second kappa shape index (κ2) is 7.62. The summed E-state index contributed by atoms with van der Waals surface area (Å²) in [5.74, 6) is 0.556. The summed E-state index contributed by atoms with van der Waals surface area (Å²) in [6, 6.07) is 0.931. The van der Waals surface area contributed by atoms with Crippen molar-refractivity contribution in [3.8, 4) is 0 Å². The molecule has 1 heterocycles. The van der Waals surface area contributed by atoms with E-state index in [-0.39, 0.29) is 6.03 Å². The molecular weight excluding hydrogens is 226 g/mol. The molecule has 1 aliphatic rings. The second-order valence-corrected chi connectivity index (χ2v) is 5.38. The van der Waals surface area contributed by atoms with Crippen molar-refractivity contribution in [1.29, 1.82) is 0 Å². The lowest BCUT2D eigenvalue weighted by atomic mass is 9.92. The van der Waals surface area contributed by atoms with Gasteiger partial charge >= 0.3 is 6.03 Å². The van der Waals surface area contributed by atoms with Crippen LogP contribution in [0.5, 0.6) is 0 Å². The van der Waals surface area contributed by atoms with Crippen molar-refractivity contribution in [2.75, 3.05) is 19.6 Å². The zero-order valence-electron chi connectivity index (χ0n) is 12.3. The summed E-state index contributed by atoms with van der Waals surface area (Å²) < 4.78 is 0. The van der Waals surface area contributed by atoms with E-state index < -0.39 is 0 Å². The molecule has 3 unspecified atom stereocenters. The molecule has 1 saturated heterocycles. The Morgan fingerprint density at radius 3 is 2.61 bits per heavy atom. The number of carbonyl (C=O) groups excluding carboxylic acids is 1. The molecule has 2 N–H and O–H groups in total. The van der Waals surface area contributed by atoms with Crippen LogP contribution in [0.2, 0.25) is 0 Å². The van der Waals surface area contributed by atoms with Crippen LogP contribution in [0.4, 0.5) is 4.79 Å². The first-order valence-electron chi connectivity index (χ1n) is 7.41. The van der Waals surface area contributed by atoms with Crippen molar-refractivity contribution < 1.29 is 4.79 Å². The molecule has 0 aromatic heterocycles. The van der Waals surface area contributed by atoms with Crippen molar-refractivity contribution in [2.24, 2.45) is 5.92 Å². The summed E-state index contributed by atoms with van der Waals surface area (Å²) >= 11 is 0. The van der Waals surface area contributed by atoms with Crippen molar-refractivity contribution in [2.45, 2.75) is 59.0 Å². The maximum Gasteiger partial charge on any atom is 0.317 e. The molecule has 1 aliphatic heterocycles. The molecule has 18 heavy (non-hydrogen) atoms. The monoisotopic (exact) mass is 255 g/mol. The fourth-order valence-corrected chi connectivity index (χ4v) is 2.82. The van der Waals surface area contributed by atoms with Gasteiger partial charge in [0, 0.05) is 25.2 Å². The Balaban J connectivity index is 2.55. The maximum atomic E-state index is 11.8. The van der Waals surface area contributed by atoms with E-state index in [1.165, 1.54) is 12.8 Å². The third kappa shape index (κ3) is 4.16. The van der Waals surface area contributed by atoms with E-state index in [9.17, 15) is 4.79 Å². The Bertz CT molecular complexity index is 251. The molecule has 0 aliphatic carbocycles. The van der Waals surface area contributed by atoms with E-state index in [2.05, 4.69) is 38.3 Å². The van der Waals surface area contributed by atoms with E-state index in [0.29, 0.717) is 18.0 Å². The molecule has 4 nitrogen and oxygen atoms in total. The predicted octanol–water partition coefficient (Wildman–Crippen LogP) is 2.20. The lowest BCUT2D eigenvalue weighted by molar-refractivity contribution is 0.195. The predicted molar refractivity (Wildman–Crippen MR) is 75.7 cm³/mol. The largest absolute Gasteiger partial charge is 0.334 e. The van der Waals surface area contributed by atoms with Crippen LogP contribution in [0.15, 0.2) is 0 Å². The quantitative estimate of drug-likeness (QED) is 0.698. The van der Waals surface area contributed by atoms with Gasteiger partial charge in [0.25, 0.3) is 0 Å². The normalized spacial score (nSPS) is 23.0. The van der Waals surface area contributed by atoms with Crippen LogP contribution >= 0.6 is 0 Å². The van der Waals surface area contributed by atoms with Crippen LogP contribution in [0.25, 0.3) is 0 Å². The first-order chi connectivity index (χ1) is 8.62. The molecule has 0 saturated carbocycles. The Morgan fingerprint density at radius 2 is 2.17 bits per heavy atom. The van der Waals surface area contributed by atoms with Gasteiger partial charge in [-0.25, -0.2) is 4.79 Å². The van der Waals surface area contributed by atoms with Crippen LogP contribution < -0.4 is 10.6 Å². The van der Waals surface area contributed by atoms with Gasteiger partial charge < -0.3 is 15.5 Å². The summed E-state index contributed by atoms with van der Waals surface area (Å²) in [6.07, 6.45) is 3.50. The minimum absolute atomic E-state index is 0.104. The van der Waals surface area contributed by atoms with Gasteiger partial charge in [-0.05, 0) is 25.8 Å². The van der Waals surface area contributed by atoms with E-state index in [1.54, 1.807) is 0 Å². The summed E-state index contributed by atoms with van der Waals surface area (Å²) in [4.78, 5) is 13.7. The fraction of sp³-hybridized carbons (Fsp3) is 0.929. The molecule has 3 atom stereocenters. The van der Waals surface area contributed by atoms with Gasteiger partial charge in [-0.3, -0.25) is 0 Å². The van der Waals surface area contributed by atoms with Crippen molar-refractivity contribution in [3.63, 3.8) is 0 Å². The van der Waals surface area contributed by atoms with Gasteiger partial charge in [0.2, 0.25) is 0 Å². The Kier molecular flexibility index (Phi) is 6.47. The van der Waals surface area contributed by atoms with Crippen LogP contribution in [-0.4, -0.2) is 42.6 Å². The van der Waals surface area contributed by atoms with Gasteiger partial charge in [0.05, 0.1) is 0 Å². The molecule has 4 heteroatoms. The first kappa shape index (κ1) is 15.3. The highest BCUT2D eigenvalue weighted by Gasteiger charge is 2.29. The number of hydrogen-bond donors (Lipinski definition) is 2. The van der Waals surface area contributed by atoms with Gasteiger partial charge in [-0.1, -0.05) is 33.6 Å². The minimum atomic E-state index is 0.104. The molecule has 2 amide bonds. The van der Waals surface area contributed by atoms with Crippen molar-refractivity contribution in [1.82, 2.24) is 15.5 Å². The van der Waals surface area contributed by atoms with Crippen LogP contribution in [0, 0.1) is 5.92 Å². The molecule has 106 valence electrons. The molecule has 0 radical (unpaired) electrons. The third-order valence-electron chi connectivity index (χ3n) is 3.77. The molecule has 0 spiro atoms. The topological polar surface area (TPSA) is 44.4 Å². The summed E-state index contributed by atoms with van der Waals surface area (Å²) in [6.45, 7) is 11.4. The summed E-state index contributed by atoms with van der Waals surface area (Å²) in [5.41, 5.74) is 0. The third-order valence-corrected chi connectivity index (χ3v) is 3.77. The average Bonchev–Trinajstić information content (AvgIpc) is 2.64. The number of nitrogens with one attached hydrogen (secondary N) is 2. The zero-order chi connectivity index (χ0) is 13.5. The Morgan fingerprint density at radius 1 is 1.44 bits per heavy atom. The van der Waals surface area contributed by atoms with Gasteiger partial charge in [0.1, 0.15) is 0 Å². The van der Waals surface area contributed by atoms with Crippen molar-refractivity contribution in [3.05, 3.63) is 0 Å². The molecule has 0 bridgehead atoms.